The van der Waals surface area contributed by atoms with Gasteiger partial charge in [-0.1, -0.05) is 56.4 Å². The van der Waals surface area contributed by atoms with Crippen LogP contribution in [-0.2, 0) is 6.42 Å². The Morgan fingerprint density at radius 2 is 1.64 bits per heavy atom. The minimum atomic E-state index is 0.656. The molecule has 0 saturated heterocycles. The van der Waals surface area contributed by atoms with Crippen molar-refractivity contribution in [1.82, 2.24) is 0 Å². The highest BCUT2D eigenvalue weighted by Gasteiger charge is 2.25. The maximum Gasteiger partial charge on any atom is 0.119 e. The smallest absolute Gasteiger partial charge is 0.119 e. The molecule has 3 rings (SSSR count). The van der Waals surface area contributed by atoms with Crippen molar-refractivity contribution in [3.05, 3.63) is 77.4 Å². The first-order valence-corrected chi connectivity index (χ1v) is 10.7. The molecule has 1 aliphatic rings. The van der Waals surface area contributed by atoms with Gasteiger partial charge in [0.15, 0.2) is 0 Å². The van der Waals surface area contributed by atoms with E-state index in [2.05, 4.69) is 56.5 Å². The van der Waals surface area contributed by atoms with E-state index in [-0.39, 0.29) is 0 Å². The molecule has 1 atom stereocenters. The predicted octanol–water partition coefficient (Wildman–Crippen LogP) is 6.80. The fourth-order valence-corrected chi connectivity index (χ4v) is 3.42. The lowest BCUT2D eigenvalue weighted by Gasteiger charge is -2.13. The number of rotatable bonds is 9. The Labute approximate surface area is 170 Å². The fourth-order valence-electron chi connectivity index (χ4n) is 3.42. The molecule has 0 bridgehead atoms. The van der Waals surface area contributed by atoms with Crippen LogP contribution in [0.4, 0.5) is 0 Å². The van der Waals surface area contributed by atoms with Gasteiger partial charge >= 0.3 is 0 Å². The maximum absolute atomic E-state index is 5.70. The van der Waals surface area contributed by atoms with Crippen LogP contribution in [0, 0.1) is 23.7 Å². The highest BCUT2D eigenvalue weighted by Crippen LogP contribution is 2.38. The first kappa shape index (κ1) is 20.3. The molecule has 0 aliphatic heterocycles. The SMILES string of the molecule is C=C(CC(C)Cc1ccc(C#Cc2ccc(OCCCC)cc2)cc1)C1CC1. The van der Waals surface area contributed by atoms with Gasteiger partial charge in [-0.3, -0.25) is 0 Å². The average molecular weight is 373 g/mol. The molecular formula is C27H32O. The lowest BCUT2D eigenvalue weighted by Crippen LogP contribution is -2.02. The second-order valence-electron chi connectivity index (χ2n) is 8.12. The van der Waals surface area contributed by atoms with Crippen molar-refractivity contribution in [1.29, 1.82) is 0 Å². The minimum Gasteiger partial charge on any atom is -0.494 e. The molecule has 0 spiro atoms. The quantitative estimate of drug-likeness (QED) is 0.267. The van der Waals surface area contributed by atoms with Gasteiger partial charge in [-0.25, -0.2) is 0 Å². The lowest BCUT2D eigenvalue weighted by molar-refractivity contribution is 0.309. The zero-order valence-corrected chi connectivity index (χ0v) is 17.3. The Morgan fingerprint density at radius 1 is 1.04 bits per heavy atom. The summed E-state index contributed by atoms with van der Waals surface area (Å²) < 4.78 is 5.70. The predicted molar refractivity (Wildman–Crippen MR) is 119 cm³/mol. The van der Waals surface area contributed by atoms with Gasteiger partial charge in [0.1, 0.15) is 5.75 Å². The van der Waals surface area contributed by atoms with Crippen molar-refractivity contribution in [2.75, 3.05) is 6.61 Å². The van der Waals surface area contributed by atoms with Gasteiger partial charge in [-0.05, 0) is 85.9 Å². The van der Waals surface area contributed by atoms with Crippen molar-refractivity contribution >= 4 is 0 Å². The second kappa shape index (κ2) is 10.2. The summed E-state index contributed by atoms with van der Waals surface area (Å²) in [6, 6.07) is 16.7. The highest BCUT2D eigenvalue weighted by atomic mass is 16.5. The molecule has 2 aromatic rings. The summed E-state index contributed by atoms with van der Waals surface area (Å²) in [5.74, 6) is 8.90. The average Bonchev–Trinajstić information content (AvgIpc) is 3.54. The van der Waals surface area contributed by atoms with Crippen LogP contribution in [0.1, 0.15) is 62.6 Å². The van der Waals surface area contributed by atoms with E-state index in [4.69, 9.17) is 4.74 Å². The summed E-state index contributed by atoms with van der Waals surface area (Å²) in [7, 11) is 0. The molecule has 1 aliphatic carbocycles. The van der Waals surface area contributed by atoms with Crippen molar-refractivity contribution < 1.29 is 4.74 Å². The van der Waals surface area contributed by atoms with Crippen LogP contribution >= 0.6 is 0 Å². The largest absolute Gasteiger partial charge is 0.494 e. The molecule has 1 heteroatoms. The van der Waals surface area contributed by atoms with Crippen molar-refractivity contribution in [2.45, 2.75) is 52.4 Å². The van der Waals surface area contributed by atoms with E-state index in [1.807, 2.05) is 24.3 Å². The number of hydrogen-bond donors (Lipinski definition) is 0. The second-order valence-corrected chi connectivity index (χ2v) is 8.12. The molecule has 1 saturated carbocycles. The summed E-state index contributed by atoms with van der Waals surface area (Å²) >= 11 is 0. The van der Waals surface area contributed by atoms with Gasteiger partial charge in [-0.2, -0.15) is 0 Å². The van der Waals surface area contributed by atoms with Gasteiger partial charge in [-0.15, -0.1) is 0 Å². The van der Waals surface area contributed by atoms with Crippen molar-refractivity contribution in [3.63, 3.8) is 0 Å². The molecule has 2 aromatic carbocycles. The molecule has 0 amide bonds. The van der Waals surface area contributed by atoms with Gasteiger partial charge in [0.25, 0.3) is 0 Å². The van der Waals surface area contributed by atoms with Crippen LogP contribution in [-0.4, -0.2) is 6.61 Å². The minimum absolute atomic E-state index is 0.656. The molecule has 0 aromatic heterocycles. The van der Waals surface area contributed by atoms with E-state index in [1.165, 1.54) is 24.0 Å². The van der Waals surface area contributed by atoms with Crippen LogP contribution < -0.4 is 4.74 Å². The van der Waals surface area contributed by atoms with E-state index >= 15 is 0 Å². The fraction of sp³-hybridized carbons (Fsp3) is 0.407. The third kappa shape index (κ3) is 6.61. The summed E-state index contributed by atoms with van der Waals surface area (Å²) in [6.07, 6.45) is 7.22. The van der Waals surface area contributed by atoms with E-state index in [1.54, 1.807) is 0 Å². The zero-order chi connectivity index (χ0) is 19.8. The van der Waals surface area contributed by atoms with Crippen molar-refractivity contribution in [2.24, 2.45) is 11.8 Å². The Morgan fingerprint density at radius 3 is 2.21 bits per heavy atom. The Balaban J connectivity index is 1.50. The van der Waals surface area contributed by atoms with E-state index in [9.17, 15) is 0 Å². The van der Waals surface area contributed by atoms with Gasteiger partial charge < -0.3 is 4.74 Å². The summed E-state index contributed by atoms with van der Waals surface area (Å²) in [4.78, 5) is 0. The van der Waals surface area contributed by atoms with Gasteiger partial charge in [0.05, 0.1) is 6.61 Å². The normalized spacial score (nSPS) is 14.1. The summed E-state index contributed by atoms with van der Waals surface area (Å²) in [5, 5.41) is 0. The van der Waals surface area contributed by atoms with Crippen LogP contribution in [0.15, 0.2) is 60.7 Å². The third-order valence-corrected chi connectivity index (χ3v) is 5.28. The van der Waals surface area contributed by atoms with E-state index in [0.717, 1.165) is 55.1 Å². The first-order valence-electron chi connectivity index (χ1n) is 10.7. The monoisotopic (exact) mass is 372 g/mol. The molecule has 1 nitrogen and oxygen atoms in total. The lowest BCUT2D eigenvalue weighted by atomic mass is 9.93. The number of ether oxygens (including phenoxy) is 1. The molecule has 0 heterocycles. The molecule has 1 unspecified atom stereocenters. The molecule has 0 N–H and O–H groups in total. The van der Waals surface area contributed by atoms with Gasteiger partial charge in [0.2, 0.25) is 0 Å². The zero-order valence-electron chi connectivity index (χ0n) is 17.3. The van der Waals surface area contributed by atoms with E-state index in [0.29, 0.717) is 5.92 Å². The Hall–Kier alpha value is -2.46. The van der Waals surface area contributed by atoms with Gasteiger partial charge in [0, 0.05) is 11.1 Å². The van der Waals surface area contributed by atoms with E-state index < -0.39 is 0 Å². The third-order valence-electron chi connectivity index (χ3n) is 5.28. The number of benzene rings is 2. The molecule has 28 heavy (non-hydrogen) atoms. The summed E-state index contributed by atoms with van der Waals surface area (Å²) in [6.45, 7) is 9.54. The first-order chi connectivity index (χ1) is 13.6. The number of allylic oxidation sites excluding steroid dienone is 1. The topological polar surface area (TPSA) is 9.23 Å². The number of hydrogen-bond acceptors (Lipinski definition) is 1. The highest BCUT2D eigenvalue weighted by molar-refractivity contribution is 5.44. The molecule has 0 radical (unpaired) electrons. The standard InChI is InChI=1S/C27H32O/c1-4-5-18-28-27-16-12-24(13-17-27)7-6-23-8-10-25(11-9-23)20-21(2)19-22(3)26-14-15-26/h8-13,16-17,21,26H,3-5,14-15,18-20H2,1-2H3. The Kier molecular flexibility index (Phi) is 7.38. The van der Waals surface area contributed by atoms with Crippen LogP contribution in [0.3, 0.4) is 0 Å². The number of unbranched alkanes of at least 4 members (excludes halogenated alkanes) is 1. The summed E-state index contributed by atoms with van der Waals surface area (Å²) in [5.41, 5.74) is 4.91. The molecular weight excluding hydrogens is 340 g/mol. The molecule has 1 fully saturated rings. The van der Waals surface area contributed by atoms with Crippen LogP contribution in [0.2, 0.25) is 0 Å². The maximum atomic E-state index is 5.70. The van der Waals surface area contributed by atoms with Crippen molar-refractivity contribution in [3.8, 4) is 17.6 Å². The molecule has 146 valence electrons. The van der Waals surface area contributed by atoms with Crippen LogP contribution in [0.5, 0.6) is 5.75 Å². The van der Waals surface area contributed by atoms with Crippen LogP contribution in [0.25, 0.3) is 0 Å². The Bertz CT molecular complexity index is 813.